The first-order valence-electron chi connectivity index (χ1n) is 6.04. The number of anilines is 2. The monoisotopic (exact) mass is 323 g/mol. The third kappa shape index (κ3) is 3.32. The molecule has 3 N–H and O–H groups in total. The quantitative estimate of drug-likeness (QED) is 0.640. The summed E-state index contributed by atoms with van der Waals surface area (Å²) in [6, 6.07) is 10.2. The minimum Gasteiger partial charge on any atom is -0.495 e. The Balaban J connectivity index is 2.46. The van der Waals surface area contributed by atoms with Gasteiger partial charge in [-0.15, -0.1) is 0 Å². The van der Waals surface area contributed by atoms with E-state index in [1.807, 2.05) is 0 Å². The Morgan fingerprint density at radius 3 is 2.50 bits per heavy atom. The molecule has 0 radical (unpaired) electrons. The number of primary sulfonamides is 1. The van der Waals surface area contributed by atoms with Crippen molar-refractivity contribution in [3.05, 3.63) is 52.6 Å². The molecule has 0 fully saturated rings. The van der Waals surface area contributed by atoms with Crippen molar-refractivity contribution < 1.29 is 18.1 Å². The third-order valence-electron chi connectivity index (χ3n) is 2.85. The van der Waals surface area contributed by atoms with Crippen molar-refractivity contribution in [1.82, 2.24) is 0 Å². The van der Waals surface area contributed by atoms with Crippen molar-refractivity contribution in [2.45, 2.75) is 4.90 Å². The molecule has 0 saturated carbocycles. The van der Waals surface area contributed by atoms with Crippen molar-refractivity contribution in [2.24, 2.45) is 5.14 Å². The fraction of sp³-hybridized carbons (Fsp3) is 0.0769. The van der Waals surface area contributed by atoms with Gasteiger partial charge in [0, 0.05) is 11.8 Å². The number of methoxy groups -OCH3 is 1. The van der Waals surface area contributed by atoms with Gasteiger partial charge in [-0.05, 0) is 24.3 Å². The lowest BCUT2D eigenvalue weighted by molar-refractivity contribution is -0.383. The molecule has 2 aromatic carbocycles. The molecular formula is C13H13N3O5S. The number of sulfonamides is 1. The number of ether oxygens (including phenoxy) is 1. The highest BCUT2D eigenvalue weighted by Gasteiger charge is 2.17. The topological polar surface area (TPSA) is 125 Å². The van der Waals surface area contributed by atoms with Crippen LogP contribution in [0.1, 0.15) is 0 Å². The van der Waals surface area contributed by atoms with Crippen LogP contribution in [0.2, 0.25) is 0 Å². The molecular weight excluding hydrogens is 310 g/mol. The summed E-state index contributed by atoms with van der Waals surface area (Å²) in [5, 5.41) is 18.9. The first-order chi connectivity index (χ1) is 10.3. The molecule has 0 saturated heterocycles. The molecule has 0 aliphatic rings. The van der Waals surface area contributed by atoms with Crippen LogP contribution in [0.3, 0.4) is 0 Å². The van der Waals surface area contributed by atoms with Gasteiger partial charge in [0.05, 0.1) is 12.0 Å². The summed E-state index contributed by atoms with van der Waals surface area (Å²) in [6.07, 6.45) is 0. The molecule has 0 aliphatic carbocycles. The number of nitro benzene ring substituents is 1. The smallest absolute Gasteiger partial charge is 0.292 e. The summed E-state index contributed by atoms with van der Waals surface area (Å²) in [6.45, 7) is 0. The Morgan fingerprint density at radius 2 is 1.91 bits per heavy atom. The van der Waals surface area contributed by atoms with Gasteiger partial charge < -0.3 is 10.1 Å². The van der Waals surface area contributed by atoms with Crippen LogP contribution in [0.15, 0.2) is 47.4 Å². The van der Waals surface area contributed by atoms with E-state index in [-0.39, 0.29) is 22.0 Å². The molecule has 0 aliphatic heterocycles. The average Bonchev–Trinajstić information content (AvgIpc) is 2.46. The number of para-hydroxylation sites is 2. The van der Waals surface area contributed by atoms with Gasteiger partial charge in [0.1, 0.15) is 16.3 Å². The summed E-state index contributed by atoms with van der Waals surface area (Å²) < 4.78 is 28.1. The molecule has 0 aromatic heterocycles. The highest BCUT2D eigenvalue weighted by atomic mass is 32.2. The normalized spacial score (nSPS) is 11.0. The van der Waals surface area contributed by atoms with E-state index in [1.54, 1.807) is 6.07 Å². The summed E-state index contributed by atoms with van der Waals surface area (Å²) in [4.78, 5) is 10.2. The number of hydrogen-bond donors (Lipinski definition) is 2. The van der Waals surface area contributed by atoms with E-state index in [1.165, 1.54) is 43.5 Å². The zero-order chi connectivity index (χ0) is 16.3. The van der Waals surface area contributed by atoms with Crippen LogP contribution in [0, 0.1) is 10.1 Å². The maximum atomic E-state index is 11.6. The largest absolute Gasteiger partial charge is 0.495 e. The van der Waals surface area contributed by atoms with E-state index in [0.717, 1.165) is 0 Å². The molecule has 0 heterocycles. The molecule has 0 atom stereocenters. The summed E-state index contributed by atoms with van der Waals surface area (Å²) in [7, 11) is -2.67. The molecule has 0 amide bonds. The Bertz CT molecular complexity index is 820. The third-order valence-corrected chi connectivity index (χ3v) is 3.78. The minimum atomic E-state index is -3.99. The summed E-state index contributed by atoms with van der Waals surface area (Å²) >= 11 is 0. The van der Waals surface area contributed by atoms with Crippen LogP contribution >= 0.6 is 0 Å². The number of nitrogens with two attached hydrogens (primary N) is 1. The van der Waals surface area contributed by atoms with Crippen LogP contribution in [0.25, 0.3) is 0 Å². The minimum absolute atomic E-state index is 0.0932. The highest BCUT2D eigenvalue weighted by molar-refractivity contribution is 7.89. The predicted molar refractivity (Wildman–Crippen MR) is 80.7 cm³/mol. The Kier molecular flexibility index (Phi) is 4.29. The highest BCUT2D eigenvalue weighted by Crippen LogP contribution is 2.31. The number of rotatable bonds is 5. The van der Waals surface area contributed by atoms with Crippen LogP contribution in [-0.2, 0) is 10.0 Å². The van der Waals surface area contributed by atoms with Gasteiger partial charge in [-0.1, -0.05) is 12.1 Å². The van der Waals surface area contributed by atoms with Crippen molar-refractivity contribution in [1.29, 1.82) is 0 Å². The Labute approximate surface area is 126 Å². The lowest BCUT2D eigenvalue weighted by Gasteiger charge is -2.11. The zero-order valence-corrected chi connectivity index (χ0v) is 12.3. The van der Waals surface area contributed by atoms with Crippen molar-refractivity contribution >= 4 is 27.1 Å². The number of benzene rings is 2. The molecule has 9 heteroatoms. The number of nitrogens with zero attached hydrogens (tertiary/aromatic N) is 1. The summed E-state index contributed by atoms with van der Waals surface area (Å²) in [5.74, 6) is 0.0932. The van der Waals surface area contributed by atoms with Gasteiger partial charge >= 0.3 is 0 Å². The lowest BCUT2D eigenvalue weighted by Crippen LogP contribution is -2.13. The van der Waals surface area contributed by atoms with E-state index >= 15 is 0 Å². The molecule has 0 bridgehead atoms. The fourth-order valence-corrected chi connectivity index (χ4v) is 2.59. The second-order valence-electron chi connectivity index (χ2n) is 4.31. The second kappa shape index (κ2) is 6.00. The van der Waals surface area contributed by atoms with Crippen LogP contribution in [0.4, 0.5) is 17.1 Å². The maximum absolute atomic E-state index is 11.6. The van der Waals surface area contributed by atoms with Gasteiger partial charge in [0.2, 0.25) is 10.0 Å². The fourth-order valence-electron chi connectivity index (χ4n) is 1.87. The Morgan fingerprint density at radius 1 is 1.23 bits per heavy atom. The second-order valence-corrected chi connectivity index (χ2v) is 5.84. The van der Waals surface area contributed by atoms with Gasteiger partial charge in [-0.3, -0.25) is 10.1 Å². The Hall–Kier alpha value is -2.65. The molecule has 8 nitrogen and oxygen atoms in total. The van der Waals surface area contributed by atoms with Crippen LogP contribution in [-0.4, -0.2) is 20.5 Å². The molecule has 2 rings (SSSR count). The number of nitro groups is 1. The van der Waals surface area contributed by atoms with Gasteiger partial charge in [0.25, 0.3) is 5.69 Å². The SMILES string of the molecule is COc1ccc(Nc2ccccc2[N+](=O)[O-])cc1S(N)(=O)=O. The van der Waals surface area contributed by atoms with Crippen LogP contribution < -0.4 is 15.2 Å². The van der Waals surface area contributed by atoms with E-state index in [9.17, 15) is 18.5 Å². The van der Waals surface area contributed by atoms with Crippen molar-refractivity contribution in [3.63, 3.8) is 0 Å². The van der Waals surface area contributed by atoms with Gasteiger partial charge in [-0.2, -0.15) is 0 Å². The number of nitrogens with one attached hydrogen (secondary N) is 1. The van der Waals surface area contributed by atoms with E-state index in [2.05, 4.69) is 5.32 Å². The molecule has 22 heavy (non-hydrogen) atoms. The average molecular weight is 323 g/mol. The maximum Gasteiger partial charge on any atom is 0.292 e. The van der Waals surface area contributed by atoms with Crippen molar-refractivity contribution in [3.8, 4) is 5.75 Å². The van der Waals surface area contributed by atoms with Gasteiger partial charge in [0.15, 0.2) is 0 Å². The molecule has 116 valence electrons. The molecule has 2 aromatic rings. The van der Waals surface area contributed by atoms with Gasteiger partial charge in [-0.25, -0.2) is 13.6 Å². The van der Waals surface area contributed by atoms with E-state index in [0.29, 0.717) is 5.69 Å². The lowest BCUT2D eigenvalue weighted by atomic mass is 10.2. The standard InChI is InChI=1S/C13H13N3O5S/c1-21-12-7-6-9(8-13(12)22(14,19)20)15-10-4-2-3-5-11(10)16(17)18/h2-8,15H,1H3,(H2,14,19,20). The van der Waals surface area contributed by atoms with E-state index in [4.69, 9.17) is 9.88 Å². The first kappa shape index (κ1) is 15.7. The number of hydrogen-bond acceptors (Lipinski definition) is 6. The predicted octanol–water partition coefficient (Wildman–Crippen LogP) is 1.99. The molecule has 0 spiro atoms. The van der Waals surface area contributed by atoms with E-state index < -0.39 is 14.9 Å². The molecule has 0 unspecified atom stereocenters. The zero-order valence-electron chi connectivity index (χ0n) is 11.5. The van der Waals surface area contributed by atoms with Crippen LogP contribution in [0.5, 0.6) is 5.75 Å². The summed E-state index contributed by atoms with van der Waals surface area (Å²) in [5.41, 5.74) is 0.438. The van der Waals surface area contributed by atoms with Crippen molar-refractivity contribution in [2.75, 3.05) is 12.4 Å². The first-order valence-corrected chi connectivity index (χ1v) is 7.59.